The summed E-state index contributed by atoms with van der Waals surface area (Å²) in [5.41, 5.74) is 5.83. The fourth-order valence-corrected chi connectivity index (χ4v) is 1.59. The minimum atomic E-state index is -0.0468. The molecule has 4 heteroatoms. The molecule has 0 aromatic carbocycles. The average Bonchev–Trinajstić information content (AvgIpc) is 2.18. The third-order valence-corrected chi connectivity index (χ3v) is 2.80. The summed E-state index contributed by atoms with van der Waals surface area (Å²) in [5.74, 6) is 0.394. The van der Waals surface area contributed by atoms with Crippen LogP contribution in [0.3, 0.4) is 0 Å². The first-order valence-electron chi connectivity index (χ1n) is 5.72. The minimum Gasteiger partial charge on any atom is -0.379 e. The molecular weight excluding hydrogens is 192 g/mol. The summed E-state index contributed by atoms with van der Waals surface area (Å²) in [6.07, 6.45) is 2.46. The highest BCUT2D eigenvalue weighted by Gasteiger charge is 2.18. The number of carbonyl (C=O) groups excluding carboxylic acids is 1. The molecule has 1 aliphatic heterocycles. The fraction of sp³-hybridized carbons (Fsp3) is 0.909. The Hall–Kier alpha value is -0.610. The van der Waals surface area contributed by atoms with Gasteiger partial charge in [0.1, 0.15) is 0 Å². The normalized spacial score (nSPS) is 23.9. The van der Waals surface area contributed by atoms with Gasteiger partial charge in [0.15, 0.2) is 0 Å². The Morgan fingerprint density at radius 2 is 2.33 bits per heavy atom. The van der Waals surface area contributed by atoms with Gasteiger partial charge in [0.05, 0.1) is 12.6 Å². The summed E-state index contributed by atoms with van der Waals surface area (Å²) in [5, 5.41) is 2.96. The van der Waals surface area contributed by atoms with Crippen molar-refractivity contribution in [1.29, 1.82) is 0 Å². The lowest BCUT2D eigenvalue weighted by Gasteiger charge is -2.24. The fourth-order valence-electron chi connectivity index (χ4n) is 1.59. The van der Waals surface area contributed by atoms with Crippen LogP contribution in [0.15, 0.2) is 0 Å². The quantitative estimate of drug-likeness (QED) is 0.722. The molecule has 4 nitrogen and oxygen atoms in total. The van der Waals surface area contributed by atoms with E-state index in [9.17, 15) is 4.79 Å². The van der Waals surface area contributed by atoms with Gasteiger partial charge in [-0.15, -0.1) is 0 Å². The van der Waals surface area contributed by atoms with Gasteiger partial charge in [-0.2, -0.15) is 0 Å². The summed E-state index contributed by atoms with van der Waals surface area (Å²) in [6.45, 7) is 5.52. The molecule has 1 fully saturated rings. The summed E-state index contributed by atoms with van der Waals surface area (Å²) >= 11 is 0. The van der Waals surface area contributed by atoms with Crippen molar-refractivity contribution in [3.8, 4) is 0 Å². The third kappa shape index (κ3) is 4.62. The zero-order valence-corrected chi connectivity index (χ0v) is 9.66. The number of rotatable bonds is 4. The molecule has 0 spiro atoms. The van der Waals surface area contributed by atoms with Gasteiger partial charge in [0, 0.05) is 19.1 Å². The van der Waals surface area contributed by atoms with Crippen molar-refractivity contribution in [2.75, 3.05) is 13.2 Å². The van der Waals surface area contributed by atoms with Crippen LogP contribution in [-0.2, 0) is 9.53 Å². The number of hydrogen-bond acceptors (Lipinski definition) is 3. The second-order valence-corrected chi connectivity index (χ2v) is 4.59. The van der Waals surface area contributed by atoms with E-state index in [0.29, 0.717) is 18.9 Å². The molecule has 0 aromatic heterocycles. The van der Waals surface area contributed by atoms with E-state index >= 15 is 0 Å². The first-order chi connectivity index (χ1) is 7.09. The highest BCUT2D eigenvalue weighted by atomic mass is 16.5. The van der Waals surface area contributed by atoms with Crippen molar-refractivity contribution in [3.05, 3.63) is 0 Å². The van der Waals surface area contributed by atoms with Crippen LogP contribution in [0.25, 0.3) is 0 Å². The van der Waals surface area contributed by atoms with Gasteiger partial charge in [-0.05, 0) is 18.8 Å². The molecule has 1 heterocycles. The minimum absolute atomic E-state index is 0.0468. The Morgan fingerprint density at radius 1 is 1.60 bits per heavy atom. The first kappa shape index (κ1) is 12.5. The molecule has 0 saturated carbocycles. The van der Waals surface area contributed by atoms with E-state index in [1.165, 1.54) is 0 Å². The molecule has 1 amide bonds. The molecule has 0 bridgehead atoms. The number of ether oxygens (including phenoxy) is 1. The first-order valence-corrected chi connectivity index (χ1v) is 5.72. The van der Waals surface area contributed by atoms with Gasteiger partial charge in [-0.3, -0.25) is 4.79 Å². The van der Waals surface area contributed by atoms with Crippen LogP contribution < -0.4 is 11.1 Å². The molecule has 3 N–H and O–H groups in total. The number of hydrogen-bond donors (Lipinski definition) is 2. The Morgan fingerprint density at radius 3 is 2.87 bits per heavy atom. The lowest BCUT2D eigenvalue weighted by Crippen LogP contribution is -2.43. The molecule has 0 aliphatic carbocycles. The van der Waals surface area contributed by atoms with E-state index in [0.717, 1.165) is 19.4 Å². The average molecular weight is 214 g/mol. The van der Waals surface area contributed by atoms with Gasteiger partial charge in [0.2, 0.25) is 5.91 Å². The molecule has 2 atom stereocenters. The maximum atomic E-state index is 11.6. The largest absolute Gasteiger partial charge is 0.379 e. The van der Waals surface area contributed by atoms with E-state index < -0.39 is 0 Å². The van der Waals surface area contributed by atoms with E-state index in [2.05, 4.69) is 5.32 Å². The number of amides is 1. The van der Waals surface area contributed by atoms with Crippen LogP contribution in [-0.4, -0.2) is 31.2 Å². The standard InChI is InChI=1S/C11H22N2O2/c1-8(2)10(12)6-11(14)13-9-4-3-5-15-7-9/h8-10H,3-7,12H2,1-2H3,(H,13,14). The molecule has 1 rings (SSSR count). The van der Waals surface area contributed by atoms with E-state index in [1.807, 2.05) is 13.8 Å². The van der Waals surface area contributed by atoms with Crippen LogP contribution in [0.4, 0.5) is 0 Å². The zero-order valence-electron chi connectivity index (χ0n) is 9.66. The van der Waals surface area contributed by atoms with Crippen molar-refractivity contribution in [1.82, 2.24) is 5.32 Å². The lowest BCUT2D eigenvalue weighted by atomic mass is 10.0. The maximum Gasteiger partial charge on any atom is 0.221 e. The lowest BCUT2D eigenvalue weighted by molar-refractivity contribution is -0.123. The molecule has 88 valence electrons. The predicted molar refractivity (Wildman–Crippen MR) is 59.4 cm³/mol. The Bertz CT molecular complexity index is 201. The molecule has 1 saturated heterocycles. The van der Waals surface area contributed by atoms with Crippen molar-refractivity contribution < 1.29 is 9.53 Å². The van der Waals surface area contributed by atoms with Crippen LogP contribution in [0.1, 0.15) is 33.1 Å². The van der Waals surface area contributed by atoms with Gasteiger partial charge < -0.3 is 15.8 Å². The smallest absolute Gasteiger partial charge is 0.221 e. The molecule has 0 radical (unpaired) electrons. The molecule has 0 aromatic rings. The van der Waals surface area contributed by atoms with Crippen molar-refractivity contribution in [2.45, 2.75) is 45.2 Å². The van der Waals surface area contributed by atoms with Gasteiger partial charge >= 0.3 is 0 Å². The van der Waals surface area contributed by atoms with Crippen LogP contribution >= 0.6 is 0 Å². The van der Waals surface area contributed by atoms with Gasteiger partial charge in [-0.25, -0.2) is 0 Å². The van der Waals surface area contributed by atoms with E-state index in [1.54, 1.807) is 0 Å². The van der Waals surface area contributed by atoms with E-state index in [4.69, 9.17) is 10.5 Å². The maximum absolute atomic E-state index is 11.6. The summed E-state index contributed by atoms with van der Waals surface area (Å²) in [7, 11) is 0. The Kier molecular flexibility index (Phi) is 5.05. The van der Waals surface area contributed by atoms with Crippen molar-refractivity contribution in [2.24, 2.45) is 11.7 Å². The van der Waals surface area contributed by atoms with Crippen LogP contribution in [0.5, 0.6) is 0 Å². The molecular formula is C11H22N2O2. The topological polar surface area (TPSA) is 64.4 Å². The Balaban J connectivity index is 2.22. The number of nitrogens with one attached hydrogen (secondary N) is 1. The number of nitrogens with two attached hydrogens (primary N) is 1. The second kappa shape index (κ2) is 6.08. The molecule has 2 unspecified atom stereocenters. The summed E-state index contributed by atoms with van der Waals surface area (Å²) in [6, 6.07) is 0.139. The monoisotopic (exact) mass is 214 g/mol. The Labute approximate surface area is 91.5 Å². The van der Waals surface area contributed by atoms with Crippen LogP contribution in [0, 0.1) is 5.92 Å². The predicted octanol–water partition coefficient (Wildman–Crippen LogP) is 0.655. The van der Waals surface area contributed by atoms with Crippen LogP contribution in [0.2, 0.25) is 0 Å². The third-order valence-electron chi connectivity index (χ3n) is 2.80. The SMILES string of the molecule is CC(C)C(N)CC(=O)NC1CCCOC1. The van der Waals surface area contributed by atoms with Gasteiger partial charge in [-0.1, -0.05) is 13.8 Å². The van der Waals surface area contributed by atoms with Crippen molar-refractivity contribution in [3.63, 3.8) is 0 Å². The van der Waals surface area contributed by atoms with E-state index in [-0.39, 0.29) is 18.0 Å². The number of carbonyl (C=O) groups is 1. The summed E-state index contributed by atoms with van der Waals surface area (Å²) in [4.78, 5) is 11.6. The van der Waals surface area contributed by atoms with Gasteiger partial charge in [0.25, 0.3) is 0 Å². The second-order valence-electron chi connectivity index (χ2n) is 4.59. The zero-order chi connectivity index (χ0) is 11.3. The highest BCUT2D eigenvalue weighted by molar-refractivity contribution is 5.76. The summed E-state index contributed by atoms with van der Waals surface area (Å²) < 4.78 is 5.29. The highest BCUT2D eigenvalue weighted by Crippen LogP contribution is 2.07. The van der Waals surface area contributed by atoms with Crippen molar-refractivity contribution >= 4 is 5.91 Å². The molecule has 1 aliphatic rings. The molecule has 15 heavy (non-hydrogen) atoms.